The Kier molecular flexibility index (Phi) is 4.94. The van der Waals surface area contributed by atoms with E-state index in [2.05, 4.69) is 9.88 Å². The summed E-state index contributed by atoms with van der Waals surface area (Å²) in [6.45, 7) is 6.09. The Morgan fingerprint density at radius 3 is 2.70 bits per heavy atom. The topological polar surface area (TPSA) is 67.8 Å². The molecule has 27 heavy (non-hydrogen) atoms. The Morgan fingerprint density at radius 1 is 1.15 bits per heavy atom. The molecule has 0 saturated carbocycles. The summed E-state index contributed by atoms with van der Waals surface area (Å²) in [7, 11) is 1.59. The number of rotatable bonds is 3. The Balaban J connectivity index is 1.65. The third kappa shape index (κ3) is 3.47. The zero-order chi connectivity index (χ0) is 18.8. The van der Waals surface area contributed by atoms with Gasteiger partial charge in [-0.1, -0.05) is 12.1 Å². The molecule has 2 aliphatic heterocycles. The van der Waals surface area contributed by atoms with Crippen molar-refractivity contribution in [3.05, 3.63) is 46.9 Å². The van der Waals surface area contributed by atoms with Gasteiger partial charge in [-0.2, -0.15) is 0 Å². The largest absolute Gasteiger partial charge is 0.496 e. The number of carbonyl (C=O) groups excluding carboxylic acids is 1. The minimum Gasteiger partial charge on any atom is -0.496 e. The molecule has 1 fully saturated rings. The monoisotopic (exact) mass is 368 g/mol. The van der Waals surface area contributed by atoms with E-state index in [1.54, 1.807) is 7.11 Å². The zero-order valence-corrected chi connectivity index (χ0v) is 15.8. The molecule has 0 atom stereocenters. The minimum absolute atomic E-state index is 0.0217. The fraction of sp³-hybridized carbons (Fsp3) is 0.450. The number of para-hydroxylation sites is 1. The quantitative estimate of drug-likeness (QED) is 0.823. The van der Waals surface area contributed by atoms with Gasteiger partial charge in [-0.25, -0.2) is 9.97 Å². The minimum atomic E-state index is -0.0217. The number of fused-ring (bicyclic) bond motifs is 1. The highest BCUT2D eigenvalue weighted by molar-refractivity contribution is 5.97. The maximum Gasteiger partial charge on any atom is 0.257 e. The highest BCUT2D eigenvalue weighted by Crippen LogP contribution is 2.29. The number of anilines is 1. The van der Waals surface area contributed by atoms with Crippen LogP contribution in [0.15, 0.2) is 24.3 Å². The van der Waals surface area contributed by atoms with Gasteiger partial charge in [0, 0.05) is 31.6 Å². The van der Waals surface area contributed by atoms with Crippen molar-refractivity contribution in [2.24, 2.45) is 0 Å². The first-order valence-corrected chi connectivity index (χ1v) is 9.28. The summed E-state index contributed by atoms with van der Waals surface area (Å²) >= 11 is 0. The van der Waals surface area contributed by atoms with Crippen molar-refractivity contribution < 1.29 is 14.3 Å². The number of aryl methyl sites for hydroxylation is 1. The van der Waals surface area contributed by atoms with Gasteiger partial charge in [0.25, 0.3) is 5.91 Å². The van der Waals surface area contributed by atoms with Crippen LogP contribution in [0.1, 0.15) is 27.4 Å². The van der Waals surface area contributed by atoms with Crippen molar-refractivity contribution in [3.8, 4) is 5.75 Å². The predicted molar refractivity (Wildman–Crippen MR) is 101 cm³/mol. The van der Waals surface area contributed by atoms with E-state index in [0.717, 1.165) is 42.4 Å². The molecule has 142 valence electrons. The summed E-state index contributed by atoms with van der Waals surface area (Å²) in [6, 6.07) is 7.36. The molecule has 1 saturated heterocycles. The summed E-state index contributed by atoms with van der Waals surface area (Å²) in [5, 5.41) is 0. The number of amides is 1. The van der Waals surface area contributed by atoms with Gasteiger partial charge in [0.05, 0.1) is 38.1 Å². The smallest absolute Gasteiger partial charge is 0.257 e. The molecule has 1 aromatic heterocycles. The number of aromatic nitrogens is 2. The van der Waals surface area contributed by atoms with E-state index in [1.807, 2.05) is 36.1 Å². The number of morpholine rings is 1. The first-order chi connectivity index (χ1) is 13.2. The number of hydrogen-bond acceptors (Lipinski definition) is 6. The van der Waals surface area contributed by atoms with Crippen molar-refractivity contribution in [1.29, 1.82) is 0 Å². The van der Waals surface area contributed by atoms with Crippen LogP contribution < -0.4 is 9.64 Å². The van der Waals surface area contributed by atoms with Crippen LogP contribution in [0.4, 0.5) is 5.82 Å². The summed E-state index contributed by atoms with van der Waals surface area (Å²) in [5.41, 5.74) is 2.69. The SMILES string of the molecule is COc1ccccc1C(=O)N1CCc2nc(C)nc(N3CCOCC3)c2C1. The molecule has 0 aliphatic carbocycles. The Bertz CT molecular complexity index is 849. The third-order valence-corrected chi connectivity index (χ3v) is 5.09. The van der Waals surface area contributed by atoms with Crippen LogP contribution in [-0.2, 0) is 17.7 Å². The van der Waals surface area contributed by atoms with Gasteiger partial charge in [-0.05, 0) is 19.1 Å². The molecule has 2 aliphatic rings. The predicted octanol–water partition coefficient (Wildman–Crippen LogP) is 1.83. The first-order valence-electron chi connectivity index (χ1n) is 9.28. The average Bonchev–Trinajstić information content (AvgIpc) is 2.73. The number of methoxy groups -OCH3 is 1. The molecular weight excluding hydrogens is 344 g/mol. The zero-order valence-electron chi connectivity index (χ0n) is 15.8. The molecule has 0 bridgehead atoms. The lowest BCUT2D eigenvalue weighted by molar-refractivity contribution is 0.0729. The van der Waals surface area contributed by atoms with E-state index in [9.17, 15) is 4.79 Å². The van der Waals surface area contributed by atoms with Crippen molar-refractivity contribution in [2.45, 2.75) is 19.9 Å². The Labute approximate surface area is 158 Å². The molecule has 4 rings (SSSR count). The van der Waals surface area contributed by atoms with Crippen molar-refractivity contribution >= 4 is 11.7 Å². The van der Waals surface area contributed by atoms with Crippen molar-refractivity contribution in [1.82, 2.24) is 14.9 Å². The van der Waals surface area contributed by atoms with Crippen molar-refractivity contribution in [3.63, 3.8) is 0 Å². The molecule has 0 spiro atoms. The molecule has 1 amide bonds. The van der Waals surface area contributed by atoms with Gasteiger partial charge in [-0.3, -0.25) is 4.79 Å². The van der Waals surface area contributed by atoms with Crippen LogP contribution in [-0.4, -0.2) is 60.7 Å². The molecule has 1 aromatic carbocycles. The van der Waals surface area contributed by atoms with Gasteiger partial charge in [0.2, 0.25) is 0 Å². The maximum absolute atomic E-state index is 13.1. The highest BCUT2D eigenvalue weighted by atomic mass is 16.5. The molecule has 2 aromatic rings. The lowest BCUT2D eigenvalue weighted by atomic mass is 10.0. The second-order valence-electron chi connectivity index (χ2n) is 6.80. The highest BCUT2D eigenvalue weighted by Gasteiger charge is 2.29. The molecule has 7 nitrogen and oxygen atoms in total. The van der Waals surface area contributed by atoms with Crippen LogP contribution >= 0.6 is 0 Å². The van der Waals surface area contributed by atoms with Gasteiger partial charge >= 0.3 is 0 Å². The van der Waals surface area contributed by atoms with Crippen LogP contribution in [0, 0.1) is 6.92 Å². The Hall–Kier alpha value is -2.67. The molecule has 0 N–H and O–H groups in total. The van der Waals surface area contributed by atoms with Crippen molar-refractivity contribution in [2.75, 3.05) is 44.9 Å². The number of benzene rings is 1. The van der Waals surface area contributed by atoms with E-state index in [-0.39, 0.29) is 5.91 Å². The molecule has 3 heterocycles. The van der Waals surface area contributed by atoms with E-state index < -0.39 is 0 Å². The summed E-state index contributed by atoms with van der Waals surface area (Å²) < 4.78 is 10.8. The number of hydrogen-bond donors (Lipinski definition) is 0. The molecular formula is C20H24N4O3. The van der Waals surface area contributed by atoms with E-state index in [1.165, 1.54) is 0 Å². The van der Waals surface area contributed by atoms with E-state index in [4.69, 9.17) is 14.5 Å². The summed E-state index contributed by atoms with van der Waals surface area (Å²) in [5.74, 6) is 2.30. The fourth-order valence-corrected chi connectivity index (χ4v) is 3.72. The second-order valence-corrected chi connectivity index (χ2v) is 6.80. The van der Waals surface area contributed by atoms with Gasteiger partial charge in [-0.15, -0.1) is 0 Å². The van der Waals surface area contributed by atoms with Crippen LogP contribution in [0.5, 0.6) is 5.75 Å². The van der Waals surface area contributed by atoms with Crippen LogP contribution in [0.2, 0.25) is 0 Å². The summed E-state index contributed by atoms with van der Waals surface area (Å²) in [4.78, 5) is 26.6. The maximum atomic E-state index is 13.1. The number of ether oxygens (including phenoxy) is 2. The standard InChI is InChI=1S/C20H24N4O3/c1-14-21-17-7-8-24(20(25)15-5-3-4-6-18(15)26-2)13-16(17)19(22-14)23-9-11-27-12-10-23/h3-6H,7-13H2,1-2H3. The number of nitrogens with zero attached hydrogens (tertiary/aromatic N) is 4. The third-order valence-electron chi connectivity index (χ3n) is 5.09. The van der Waals surface area contributed by atoms with Gasteiger partial charge in [0.15, 0.2) is 0 Å². The normalized spacial score (nSPS) is 16.8. The fourth-order valence-electron chi connectivity index (χ4n) is 3.72. The first kappa shape index (κ1) is 17.7. The number of carbonyl (C=O) groups is 1. The lowest BCUT2D eigenvalue weighted by Gasteiger charge is -2.34. The lowest BCUT2D eigenvalue weighted by Crippen LogP contribution is -2.41. The van der Waals surface area contributed by atoms with E-state index >= 15 is 0 Å². The average molecular weight is 368 g/mol. The van der Waals surface area contributed by atoms with Crippen LogP contribution in [0.25, 0.3) is 0 Å². The molecule has 0 unspecified atom stereocenters. The second kappa shape index (κ2) is 7.52. The van der Waals surface area contributed by atoms with Gasteiger partial charge in [0.1, 0.15) is 17.4 Å². The molecule has 7 heteroatoms. The summed E-state index contributed by atoms with van der Waals surface area (Å²) in [6.07, 6.45) is 0.733. The molecule has 0 radical (unpaired) electrons. The van der Waals surface area contributed by atoms with Gasteiger partial charge < -0.3 is 19.3 Å². The van der Waals surface area contributed by atoms with Crippen LogP contribution in [0.3, 0.4) is 0 Å². The van der Waals surface area contributed by atoms with E-state index in [0.29, 0.717) is 37.6 Å². The Morgan fingerprint density at radius 2 is 1.93 bits per heavy atom.